The second-order valence-electron chi connectivity index (χ2n) is 4.97. The standard InChI is InChI=1S/C16H16N2O2S/c1-12-3-8-16(9-13(12)2)18-21(19,20)11-15-6-4-14(10-17)5-7-15/h3-9,18H,11H2,1-2H3. The van der Waals surface area contributed by atoms with Crippen molar-refractivity contribution in [3.63, 3.8) is 0 Å². The number of nitrogens with one attached hydrogen (secondary N) is 1. The molecule has 1 N–H and O–H groups in total. The van der Waals surface area contributed by atoms with Crippen LogP contribution in [0, 0.1) is 25.2 Å². The van der Waals surface area contributed by atoms with Crippen LogP contribution in [0.2, 0.25) is 0 Å². The summed E-state index contributed by atoms with van der Waals surface area (Å²) < 4.78 is 26.9. The Morgan fingerprint density at radius 3 is 2.29 bits per heavy atom. The molecule has 0 saturated carbocycles. The second-order valence-corrected chi connectivity index (χ2v) is 6.69. The molecule has 0 amide bonds. The normalized spacial score (nSPS) is 10.9. The second kappa shape index (κ2) is 5.98. The molecule has 5 heteroatoms. The van der Waals surface area contributed by atoms with Gasteiger partial charge in [0.15, 0.2) is 0 Å². The average molecular weight is 300 g/mol. The molecule has 0 fully saturated rings. The van der Waals surface area contributed by atoms with Crippen LogP contribution in [0.1, 0.15) is 22.3 Å². The van der Waals surface area contributed by atoms with Gasteiger partial charge in [-0.2, -0.15) is 5.26 Å². The first-order chi connectivity index (χ1) is 9.89. The van der Waals surface area contributed by atoms with Gasteiger partial charge in [0.25, 0.3) is 0 Å². The van der Waals surface area contributed by atoms with Crippen LogP contribution < -0.4 is 4.72 Å². The Bertz CT molecular complexity index is 788. The predicted octanol–water partition coefficient (Wildman–Crippen LogP) is 3.12. The first-order valence-corrected chi connectivity index (χ1v) is 8.11. The third-order valence-corrected chi connectivity index (χ3v) is 4.48. The first kappa shape index (κ1) is 15.1. The fourth-order valence-corrected chi connectivity index (χ4v) is 3.11. The number of aryl methyl sites for hydroxylation is 2. The topological polar surface area (TPSA) is 70.0 Å². The van der Waals surface area contributed by atoms with E-state index in [1.807, 2.05) is 32.0 Å². The van der Waals surface area contributed by atoms with Gasteiger partial charge in [-0.15, -0.1) is 0 Å². The van der Waals surface area contributed by atoms with E-state index in [0.29, 0.717) is 16.8 Å². The largest absolute Gasteiger partial charge is 0.283 e. The van der Waals surface area contributed by atoms with Gasteiger partial charge in [-0.1, -0.05) is 18.2 Å². The molecule has 2 rings (SSSR count). The predicted molar refractivity (Wildman–Crippen MR) is 83.3 cm³/mol. The average Bonchev–Trinajstić information content (AvgIpc) is 2.43. The number of sulfonamides is 1. The van der Waals surface area contributed by atoms with E-state index in [1.165, 1.54) is 0 Å². The fraction of sp³-hybridized carbons (Fsp3) is 0.188. The summed E-state index contributed by atoms with van der Waals surface area (Å²) in [4.78, 5) is 0. The smallest absolute Gasteiger partial charge is 0.236 e. The van der Waals surface area contributed by atoms with E-state index in [2.05, 4.69) is 4.72 Å². The van der Waals surface area contributed by atoms with Crippen LogP contribution in [0.15, 0.2) is 42.5 Å². The molecule has 0 bridgehead atoms. The molecule has 21 heavy (non-hydrogen) atoms. The summed E-state index contributed by atoms with van der Waals surface area (Å²) in [7, 11) is -3.47. The lowest BCUT2D eigenvalue weighted by Crippen LogP contribution is -2.15. The molecule has 0 aliphatic rings. The van der Waals surface area contributed by atoms with Crippen molar-refractivity contribution in [2.75, 3.05) is 4.72 Å². The van der Waals surface area contributed by atoms with E-state index >= 15 is 0 Å². The highest BCUT2D eigenvalue weighted by atomic mass is 32.2. The Balaban J connectivity index is 2.14. The van der Waals surface area contributed by atoms with Crippen molar-refractivity contribution in [3.05, 3.63) is 64.7 Å². The van der Waals surface area contributed by atoms with Crippen LogP contribution in [0.5, 0.6) is 0 Å². The Hall–Kier alpha value is -2.32. The maximum atomic E-state index is 12.1. The number of nitriles is 1. The zero-order chi connectivity index (χ0) is 15.5. The van der Waals surface area contributed by atoms with Crippen molar-refractivity contribution < 1.29 is 8.42 Å². The summed E-state index contributed by atoms with van der Waals surface area (Å²) in [6.45, 7) is 3.91. The molecule has 2 aromatic rings. The minimum Gasteiger partial charge on any atom is -0.283 e. The van der Waals surface area contributed by atoms with Crippen LogP contribution in [0.4, 0.5) is 5.69 Å². The Kier molecular flexibility index (Phi) is 4.29. The zero-order valence-corrected chi connectivity index (χ0v) is 12.7. The quantitative estimate of drug-likeness (QED) is 0.943. The van der Waals surface area contributed by atoms with Crippen molar-refractivity contribution in [1.82, 2.24) is 0 Å². The van der Waals surface area contributed by atoms with Gasteiger partial charge in [0.1, 0.15) is 0 Å². The van der Waals surface area contributed by atoms with Crippen molar-refractivity contribution in [2.24, 2.45) is 0 Å². The van der Waals surface area contributed by atoms with E-state index in [9.17, 15) is 8.42 Å². The van der Waals surface area contributed by atoms with Crippen molar-refractivity contribution in [2.45, 2.75) is 19.6 Å². The number of nitrogens with zero attached hydrogens (tertiary/aromatic N) is 1. The molecule has 2 aromatic carbocycles. The van der Waals surface area contributed by atoms with Gasteiger partial charge in [0, 0.05) is 5.69 Å². The molecule has 0 spiro atoms. The molecule has 0 atom stereocenters. The summed E-state index contributed by atoms with van der Waals surface area (Å²) in [6.07, 6.45) is 0. The van der Waals surface area contributed by atoms with Crippen LogP contribution in [-0.2, 0) is 15.8 Å². The third kappa shape index (κ3) is 4.07. The maximum absolute atomic E-state index is 12.1. The molecule has 0 heterocycles. The number of rotatable bonds is 4. The van der Waals surface area contributed by atoms with E-state index < -0.39 is 10.0 Å². The number of anilines is 1. The Morgan fingerprint density at radius 2 is 1.71 bits per heavy atom. The van der Waals surface area contributed by atoms with Crippen LogP contribution in [-0.4, -0.2) is 8.42 Å². The summed E-state index contributed by atoms with van der Waals surface area (Å²) in [5.74, 6) is -0.119. The molecule has 4 nitrogen and oxygen atoms in total. The van der Waals surface area contributed by atoms with Crippen LogP contribution in [0.25, 0.3) is 0 Å². The van der Waals surface area contributed by atoms with E-state index in [4.69, 9.17) is 5.26 Å². The van der Waals surface area contributed by atoms with Gasteiger partial charge < -0.3 is 0 Å². The molecule has 0 aliphatic carbocycles. The molecule has 0 unspecified atom stereocenters. The van der Waals surface area contributed by atoms with Gasteiger partial charge in [-0.05, 0) is 54.8 Å². The van der Waals surface area contributed by atoms with Gasteiger partial charge in [0.2, 0.25) is 10.0 Å². The van der Waals surface area contributed by atoms with E-state index in [-0.39, 0.29) is 5.75 Å². The van der Waals surface area contributed by atoms with Crippen molar-refractivity contribution >= 4 is 15.7 Å². The van der Waals surface area contributed by atoms with Gasteiger partial charge in [-0.25, -0.2) is 8.42 Å². The zero-order valence-electron chi connectivity index (χ0n) is 11.9. The number of hydrogen-bond acceptors (Lipinski definition) is 3. The minimum atomic E-state index is -3.47. The molecule has 0 radical (unpaired) electrons. The first-order valence-electron chi connectivity index (χ1n) is 6.46. The summed E-state index contributed by atoms with van der Waals surface area (Å²) in [6, 6.07) is 14.0. The molecule has 0 aliphatic heterocycles. The van der Waals surface area contributed by atoms with Crippen LogP contribution >= 0.6 is 0 Å². The molecule has 0 aromatic heterocycles. The van der Waals surface area contributed by atoms with Crippen molar-refractivity contribution in [3.8, 4) is 6.07 Å². The highest BCUT2D eigenvalue weighted by molar-refractivity contribution is 7.91. The SMILES string of the molecule is Cc1ccc(NS(=O)(=O)Cc2ccc(C#N)cc2)cc1C. The van der Waals surface area contributed by atoms with Crippen molar-refractivity contribution in [1.29, 1.82) is 5.26 Å². The molecular formula is C16H16N2O2S. The highest BCUT2D eigenvalue weighted by Gasteiger charge is 2.12. The molecule has 108 valence electrons. The minimum absolute atomic E-state index is 0.119. The number of benzene rings is 2. The lowest BCUT2D eigenvalue weighted by Gasteiger charge is -2.10. The highest BCUT2D eigenvalue weighted by Crippen LogP contribution is 2.17. The Morgan fingerprint density at radius 1 is 1.05 bits per heavy atom. The fourth-order valence-electron chi connectivity index (χ4n) is 1.92. The van der Waals surface area contributed by atoms with E-state index in [0.717, 1.165) is 11.1 Å². The summed E-state index contributed by atoms with van der Waals surface area (Å²) >= 11 is 0. The van der Waals surface area contributed by atoms with Gasteiger partial charge in [-0.3, -0.25) is 4.72 Å². The van der Waals surface area contributed by atoms with Gasteiger partial charge in [0.05, 0.1) is 17.4 Å². The summed E-state index contributed by atoms with van der Waals surface area (Å²) in [5, 5.41) is 8.72. The Labute approximate surface area is 125 Å². The lowest BCUT2D eigenvalue weighted by atomic mass is 10.1. The third-order valence-electron chi connectivity index (χ3n) is 3.22. The number of hydrogen-bond donors (Lipinski definition) is 1. The van der Waals surface area contributed by atoms with Gasteiger partial charge >= 0.3 is 0 Å². The molecular weight excluding hydrogens is 284 g/mol. The summed E-state index contributed by atoms with van der Waals surface area (Å²) in [5.41, 5.74) is 3.87. The molecule has 0 saturated heterocycles. The monoisotopic (exact) mass is 300 g/mol. The van der Waals surface area contributed by atoms with E-state index in [1.54, 1.807) is 30.3 Å². The lowest BCUT2D eigenvalue weighted by molar-refractivity contribution is 0.600. The maximum Gasteiger partial charge on any atom is 0.236 e. The van der Waals surface area contributed by atoms with Crippen LogP contribution in [0.3, 0.4) is 0 Å².